The molecule has 2 aliphatic rings. The van der Waals surface area contributed by atoms with Crippen LogP contribution in [0.15, 0.2) is 129 Å². The van der Waals surface area contributed by atoms with Crippen molar-refractivity contribution >= 4 is 191 Å². The van der Waals surface area contributed by atoms with Crippen molar-refractivity contribution in [2.75, 3.05) is 0 Å². The molecule has 2 fully saturated rings. The average Bonchev–Trinajstić information content (AvgIpc) is 1.63. The molecule has 0 saturated heterocycles. The van der Waals surface area contributed by atoms with Gasteiger partial charge in [0.2, 0.25) is 0 Å². The number of halogens is 12. The van der Waals surface area contributed by atoms with Gasteiger partial charge >= 0.3 is 0 Å². The lowest BCUT2D eigenvalue weighted by molar-refractivity contribution is 0.542. The van der Waals surface area contributed by atoms with Gasteiger partial charge in [0, 0.05) is 81.7 Å². The highest BCUT2D eigenvalue weighted by Crippen LogP contribution is 2.48. The first-order valence-corrected chi connectivity index (χ1v) is 58.6. The molecule has 0 amide bonds. The van der Waals surface area contributed by atoms with Crippen LogP contribution in [0.2, 0.25) is 0 Å². The maximum Gasteiger partial charge on any atom is 0.134 e. The summed E-state index contributed by atoms with van der Waals surface area (Å²) in [6.45, 7) is 97.2. The molecule has 24 nitrogen and oxygen atoms in total. The smallest absolute Gasteiger partial charge is 0.134 e. The van der Waals surface area contributed by atoms with Crippen LogP contribution in [-0.4, -0.2) is 121 Å². The van der Waals surface area contributed by atoms with Crippen LogP contribution >= 0.6 is 191 Å². The van der Waals surface area contributed by atoms with E-state index in [1.54, 1.807) is 31.0 Å². The minimum Gasteiger partial charge on any atom is -0.256 e. The van der Waals surface area contributed by atoms with Crippen LogP contribution in [-0.2, 0) is 65.0 Å². The van der Waals surface area contributed by atoms with Gasteiger partial charge in [-0.1, -0.05) is 249 Å². The molecule has 14 rings (SSSR count). The van der Waals surface area contributed by atoms with Gasteiger partial charge in [0.05, 0.1) is 109 Å². The third kappa shape index (κ3) is 47.4. The summed E-state index contributed by atoms with van der Waals surface area (Å²) in [7, 11) is 0. The molecule has 0 radical (unpaired) electrons. The Kier molecular flexibility index (Phi) is 53.3. The Labute approximate surface area is 987 Å². The number of rotatable bonds is 2. The van der Waals surface area contributed by atoms with E-state index in [0.717, 1.165) is 152 Å². The largest absolute Gasteiger partial charge is 0.256 e. The maximum atomic E-state index is 4.43. The van der Waals surface area contributed by atoms with E-state index in [9.17, 15) is 0 Å². The molecule has 0 bridgehead atoms. The predicted octanol–water partition coefficient (Wildman–Crippen LogP) is 35.3. The van der Waals surface area contributed by atoms with Crippen molar-refractivity contribution in [3.8, 4) is 0 Å². The van der Waals surface area contributed by atoms with Crippen molar-refractivity contribution < 1.29 is 0 Å². The third-order valence-corrected chi connectivity index (χ3v) is 28.9. The fourth-order valence-electron chi connectivity index (χ4n) is 13.9. The molecule has 0 unspecified atom stereocenters. The predicted molar refractivity (Wildman–Crippen MR) is 653 cm³/mol. The standard InChI is InChI=1S/2C11H15BrN2.10C9H13BrN2/c1-11(2,3)10-9(7-4-5-7)8(12)6-13-14-10;1-11(2,3)10-8(7-4-5-7)6-9(12)13-14-10;1-6-8(9(2,3)4)11-5-7(10)12-6;1-6-8(9(2,3)4)7(10)5-11-12-6;1-6-8(10)7(5-11-12-6)9(2,3)4;1-6-7(10)5-11-8(12-6)9(2,3)4;1-6-7(9(2,3)4)5-8(10)12-11-6;1-6-5-11-8(10)7(12-6)9(2,3)4;1-6-5-11-7(8(10)12-6)9(2,3)4;1-6-5-11-8(9(2,3)4)12-7(6)10;1-6-5-11-12-8(10)7(6)9(2,3)4;1-6-5-7(9(2,3)4)8(10)12-11-6/h2*6-7H,4-5H2,1-3H3;10*5H,1-4H3. The van der Waals surface area contributed by atoms with Gasteiger partial charge in [-0.2, -0.15) is 51.0 Å². The summed E-state index contributed by atoms with van der Waals surface area (Å²) in [6.07, 6.45) is 21.3. The Morgan fingerprint density at radius 1 is 0.223 bits per heavy atom. The number of aromatic nitrogens is 24. The van der Waals surface area contributed by atoms with E-state index < -0.39 is 0 Å². The highest BCUT2D eigenvalue weighted by Gasteiger charge is 2.35. The average molecular weight is 2800 g/mol. The van der Waals surface area contributed by atoms with E-state index in [4.69, 9.17) is 0 Å². The Morgan fingerprint density at radius 3 is 1.09 bits per heavy atom. The Balaban J connectivity index is 0.000000415. The fraction of sp³-hybridized carbons (Fsp3) is 0.571. The van der Waals surface area contributed by atoms with Crippen LogP contribution in [0.1, 0.15) is 423 Å². The summed E-state index contributed by atoms with van der Waals surface area (Å²) in [5, 5.41) is 56.3. The van der Waals surface area contributed by atoms with Crippen LogP contribution in [0, 0.1) is 69.2 Å². The van der Waals surface area contributed by atoms with E-state index in [1.165, 1.54) is 70.2 Å². The second kappa shape index (κ2) is 57.6. The minimum absolute atomic E-state index is 0.0240. The van der Waals surface area contributed by atoms with Gasteiger partial charge in [-0.3, -0.25) is 15.0 Å². The zero-order valence-corrected chi connectivity index (χ0v) is 115. The molecule has 0 aromatic carbocycles. The first kappa shape index (κ1) is 137. The lowest BCUT2D eigenvalue weighted by atomic mass is 9.86. The minimum atomic E-state index is 0.0240. The second-order valence-corrected chi connectivity index (χ2v) is 58.6. The van der Waals surface area contributed by atoms with E-state index >= 15 is 0 Å². The Morgan fingerprint density at radius 2 is 0.676 bits per heavy atom. The normalized spacial score (nSPS) is 12.8. The molecular weight excluding hydrogens is 2640 g/mol. The summed E-state index contributed by atoms with van der Waals surface area (Å²) in [5.41, 5.74) is 25.4. The molecule has 2 aliphatic carbocycles. The van der Waals surface area contributed by atoms with Crippen molar-refractivity contribution in [2.24, 2.45) is 0 Å². The number of hydrogen-bond acceptors (Lipinski definition) is 24. The molecule has 0 spiro atoms. The van der Waals surface area contributed by atoms with E-state index in [-0.39, 0.29) is 65.0 Å². The Bertz CT molecular complexity index is 5920. The summed E-state index contributed by atoms with van der Waals surface area (Å²) in [6, 6.07) is 6.23. The number of aryl methyl sites for hydroxylation is 10. The molecule has 2 saturated carbocycles. The van der Waals surface area contributed by atoms with E-state index in [1.807, 2.05) is 93.2 Å². The summed E-state index contributed by atoms with van der Waals surface area (Å²) in [5.74, 6) is 3.22. The zero-order chi connectivity index (χ0) is 114. The SMILES string of the molecule is CC(C)(C)c1nnc(Br)cc1C1CC1.CC(C)(C)c1nncc(Br)c1C1CC1.Cc1cc(C(C)(C)C)c(Br)nn1.Cc1cnc(Br)c(C(C)(C)C)n1.Cc1cnc(C(C)(C)C)c(Br)n1.Cc1cnc(C(C)(C)C)nc1Br.Cc1cnnc(Br)c1C(C)(C)C.Cc1nc(Br)cnc1C(C)(C)C.Cc1nc(C(C)(C)C)ncc1Br.Cc1nnc(Br)cc1C(C)(C)C.Cc1nncc(Br)c1C(C)(C)C.Cc1nncc(C(C)(C)C)c1Br. The number of hydrogen-bond donors (Lipinski definition) is 0. The zero-order valence-electron chi connectivity index (χ0n) is 96.2. The molecule has 812 valence electrons. The maximum absolute atomic E-state index is 4.43. The van der Waals surface area contributed by atoms with Gasteiger partial charge in [0.1, 0.15) is 48.5 Å². The fourth-order valence-corrected chi connectivity index (χ4v) is 21.3. The van der Waals surface area contributed by atoms with Crippen molar-refractivity contribution in [1.82, 2.24) is 121 Å². The van der Waals surface area contributed by atoms with E-state index in [0.29, 0.717) is 5.92 Å². The van der Waals surface area contributed by atoms with Gasteiger partial charge in [0.15, 0.2) is 0 Å². The van der Waals surface area contributed by atoms with Crippen molar-refractivity contribution in [3.63, 3.8) is 0 Å². The van der Waals surface area contributed by atoms with Gasteiger partial charge in [-0.05, 0) is 388 Å². The summed E-state index contributed by atoms with van der Waals surface area (Å²) >= 11 is 40.9. The summed E-state index contributed by atoms with van der Waals surface area (Å²) in [4.78, 5) is 43.2. The van der Waals surface area contributed by atoms with Crippen molar-refractivity contribution in [3.05, 3.63) is 264 Å². The topological polar surface area (TPSA) is 309 Å². The molecular formula is C112H160Br12N24. The molecule has 36 heteroatoms. The van der Waals surface area contributed by atoms with Crippen LogP contribution < -0.4 is 0 Å². The monoisotopic (exact) mass is 2790 g/mol. The van der Waals surface area contributed by atoms with Crippen LogP contribution in [0.4, 0.5) is 0 Å². The summed E-state index contributed by atoms with van der Waals surface area (Å²) < 4.78 is 11.0. The van der Waals surface area contributed by atoms with Crippen LogP contribution in [0.3, 0.4) is 0 Å². The van der Waals surface area contributed by atoms with Crippen molar-refractivity contribution in [1.29, 1.82) is 0 Å². The highest BCUT2D eigenvalue weighted by molar-refractivity contribution is 9.12. The molecule has 12 heterocycles. The quantitative estimate of drug-likeness (QED) is 0.145. The molecule has 0 aliphatic heterocycles. The first-order valence-electron chi connectivity index (χ1n) is 49.1. The molecule has 148 heavy (non-hydrogen) atoms. The van der Waals surface area contributed by atoms with Crippen LogP contribution in [0.25, 0.3) is 0 Å². The lowest BCUT2D eigenvalue weighted by Crippen LogP contribution is -2.17. The second-order valence-electron chi connectivity index (χ2n) is 49.1. The van der Waals surface area contributed by atoms with Gasteiger partial charge in [-0.25, -0.2) is 34.9 Å². The molecule has 0 N–H and O–H groups in total. The number of nitrogens with zero attached hydrogens (tertiary/aromatic N) is 24. The molecule has 12 aromatic rings. The van der Waals surface area contributed by atoms with Crippen molar-refractivity contribution in [2.45, 2.75) is 421 Å². The molecule has 12 aromatic heterocycles. The van der Waals surface area contributed by atoms with E-state index in [2.05, 4.69) is 581 Å². The third-order valence-electron chi connectivity index (χ3n) is 21.6. The molecule has 0 atom stereocenters. The lowest BCUT2D eigenvalue weighted by Gasteiger charge is -2.21. The van der Waals surface area contributed by atoms with Gasteiger partial charge < -0.3 is 0 Å². The first-order chi connectivity index (χ1) is 67.1. The van der Waals surface area contributed by atoms with Gasteiger partial charge in [0.25, 0.3) is 0 Å². The Hall–Kier alpha value is -5.28. The highest BCUT2D eigenvalue weighted by atomic mass is 79.9. The van der Waals surface area contributed by atoms with Crippen LogP contribution in [0.5, 0.6) is 0 Å². The van der Waals surface area contributed by atoms with Gasteiger partial charge in [-0.15, -0.1) is 20.4 Å².